The molecule has 22 heavy (non-hydrogen) atoms. The molecule has 0 unspecified atom stereocenters. The lowest BCUT2D eigenvalue weighted by Crippen LogP contribution is -1.86. The number of hydrogen-bond donors (Lipinski definition) is 1. The zero-order valence-electron chi connectivity index (χ0n) is 12.3. The van der Waals surface area contributed by atoms with E-state index in [0.717, 1.165) is 22.6 Å². The molecule has 1 heterocycles. The van der Waals surface area contributed by atoms with Gasteiger partial charge in [0, 0.05) is 6.07 Å². The number of aromatic nitrogens is 1. The summed E-state index contributed by atoms with van der Waals surface area (Å²) in [7, 11) is 1.62. The number of ether oxygens (including phenoxy) is 1. The van der Waals surface area contributed by atoms with Gasteiger partial charge >= 0.3 is 0 Å². The molecule has 5 heteroatoms. The second kappa shape index (κ2) is 5.44. The fourth-order valence-corrected chi connectivity index (χ4v) is 2.37. The number of aromatic hydroxyl groups is 1. The Labute approximate surface area is 127 Å². The van der Waals surface area contributed by atoms with Crippen molar-refractivity contribution >= 4 is 0 Å². The van der Waals surface area contributed by atoms with Crippen LogP contribution in [0.25, 0.3) is 22.5 Å². The number of methoxy groups -OCH3 is 1. The third-order valence-electron chi connectivity index (χ3n) is 3.48. The lowest BCUT2D eigenvalue weighted by atomic mass is 9.99. The highest BCUT2D eigenvalue weighted by molar-refractivity contribution is 5.84. The maximum absolute atomic E-state index is 10.1. The predicted molar refractivity (Wildman–Crippen MR) is 83.4 cm³/mol. The van der Waals surface area contributed by atoms with E-state index >= 15 is 0 Å². The summed E-state index contributed by atoms with van der Waals surface area (Å²) < 4.78 is 10.6. The van der Waals surface area contributed by atoms with E-state index in [0.29, 0.717) is 11.3 Å². The van der Waals surface area contributed by atoms with Crippen LogP contribution in [0.4, 0.5) is 0 Å². The van der Waals surface area contributed by atoms with E-state index in [2.05, 4.69) is 5.16 Å². The molecule has 0 fully saturated rings. The normalized spacial score (nSPS) is 10.6. The Morgan fingerprint density at radius 1 is 1.14 bits per heavy atom. The monoisotopic (exact) mass is 298 g/mol. The zero-order chi connectivity index (χ0) is 15.7. The van der Waals surface area contributed by atoms with Crippen LogP contribution in [-0.2, 0) is 0 Å². The summed E-state index contributed by atoms with van der Waals surface area (Å²) in [5.74, 6) is 1.49. The summed E-state index contributed by atoms with van der Waals surface area (Å²) in [6, 6.07) is 12.2. The highest BCUT2D eigenvalue weighted by Crippen LogP contribution is 2.40. The van der Waals surface area contributed by atoms with Crippen LogP contribution in [0.5, 0.6) is 17.2 Å². The van der Waals surface area contributed by atoms with Crippen LogP contribution in [0.3, 0.4) is 0 Å². The molecule has 0 aliphatic heterocycles. The van der Waals surface area contributed by atoms with Crippen molar-refractivity contribution < 1.29 is 19.5 Å². The second-order valence-electron chi connectivity index (χ2n) is 4.93. The fourth-order valence-electron chi connectivity index (χ4n) is 2.37. The van der Waals surface area contributed by atoms with Crippen molar-refractivity contribution in [3.05, 3.63) is 48.2 Å². The Balaban J connectivity index is 2.14. The van der Waals surface area contributed by atoms with E-state index in [1.807, 2.05) is 31.2 Å². The van der Waals surface area contributed by atoms with Crippen LogP contribution in [0.1, 0.15) is 5.69 Å². The molecule has 0 radical (unpaired) electrons. The lowest BCUT2D eigenvalue weighted by Gasteiger charge is -2.06. The van der Waals surface area contributed by atoms with E-state index in [-0.39, 0.29) is 11.5 Å². The Hall–Kier alpha value is -2.95. The molecule has 1 aromatic heterocycles. The Kier molecular flexibility index (Phi) is 3.47. The summed E-state index contributed by atoms with van der Waals surface area (Å²) in [5.41, 5.74) is 2.98. The average Bonchev–Trinajstić information content (AvgIpc) is 2.89. The molecule has 0 saturated carbocycles. The third kappa shape index (κ3) is 2.37. The van der Waals surface area contributed by atoms with Gasteiger partial charge < -0.3 is 19.5 Å². The summed E-state index contributed by atoms with van der Waals surface area (Å²) in [6.07, 6.45) is 0. The molecule has 0 aliphatic carbocycles. The number of benzene rings is 2. The van der Waals surface area contributed by atoms with Gasteiger partial charge in [0.05, 0.1) is 30.0 Å². The maximum Gasteiger partial charge on any atom is 0.257 e. The minimum absolute atomic E-state index is 0.00147. The first kappa shape index (κ1) is 14.0. The molecule has 3 aromatic rings. The van der Waals surface area contributed by atoms with Gasteiger partial charge in [-0.1, -0.05) is 17.3 Å². The van der Waals surface area contributed by atoms with Crippen LogP contribution < -0.4 is 4.74 Å². The summed E-state index contributed by atoms with van der Waals surface area (Å²) in [5, 5.41) is 21.6. The van der Waals surface area contributed by atoms with Crippen molar-refractivity contribution in [2.45, 2.75) is 6.92 Å². The van der Waals surface area contributed by atoms with Crippen molar-refractivity contribution in [3.8, 4) is 39.7 Å². The van der Waals surface area contributed by atoms with Crippen LogP contribution >= 0.6 is 0 Å². The molecule has 0 amide bonds. The van der Waals surface area contributed by atoms with Crippen molar-refractivity contribution in [2.75, 3.05) is 7.11 Å². The first-order chi connectivity index (χ1) is 10.6. The molecule has 0 spiro atoms. The van der Waals surface area contributed by atoms with Gasteiger partial charge in [-0.3, -0.25) is 0 Å². The molecule has 2 aromatic carbocycles. The van der Waals surface area contributed by atoms with Gasteiger partial charge in [0.15, 0.2) is 5.76 Å². The molecule has 5 nitrogen and oxygen atoms in total. The third-order valence-corrected chi connectivity index (χ3v) is 3.48. The van der Waals surface area contributed by atoms with Gasteiger partial charge in [-0.05, 0) is 30.7 Å². The van der Waals surface area contributed by atoms with Gasteiger partial charge in [0.2, 0.25) is 0 Å². The van der Waals surface area contributed by atoms with Crippen LogP contribution in [0.15, 0.2) is 47.0 Å². The minimum Gasteiger partial charge on any atom is -0.593 e. The summed E-state index contributed by atoms with van der Waals surface area (Å²) in [6.45, 7) is 1.85. The first-order valence-corrected chi connectivity index (χ1v) is 6.76. The van der Waals surface area contributed by atoms with E-state index in [1.165, 1.54) is 6.07 Å². The number of phenols is 1. The largest absolute Gasteiger partial charge is 0.593 e. The average molecular weight is 298 g/mol. The van der Waals surface area contributed by atoms with Crippen LogP contribution in [-0.4, -0.2) is 22.5 Å². The Morgan fingerprint density at radius 3 is 2.50 bits per heavy atom. The molecule has 3 N–H and O–H groups in total. The maximum atomic E-state index is 10.1. The number of phenolic OH excluding ortho intramolecular Hbond substituents is 1. The standard InChI is InChI=1S/C17H15NO4/c1-10-16(11-3-6-13(21-2)7-4-11)17(22-18-10)14-8-5-12(19)9-15(14)20/h3-9,19-20H,1-2H3/p+1. The Morgan fingerprint density at radius 2 is 1.86 bits per heavy atom. The molecule has 0 saturated heterocycles. The molecule has 0 atom stereocenters. The van der Waals surface area contributed by atoms with E-state index < -0.39 is 0 Å². The number of rotatable bonds is 3. The van der Waals surface area contributed by atoms with Crippen molar-refractivity contribution in [3.63, 3.8) is 0 Å². The highest BCUT2D eigenvalue weighted by atomic mass is 16.5. The fraction of sp³-hybridized carbons (Fsp3) is 0.118. The number of hydrogen-bond acceptors (Lipinski definition) is 4. The number of nitrogens with zero attached hydrogens (tertiary/aromatic N) is 1. The van der Waals surface area contributed by atoms with Gasteiger partial charge in [0.1, 0.15) is 11.5 Å². The summed E-state index contributed by atoms with van der Waals surface area (Å²) in [4.78, 5) is 0. The van der Waals surface area contributed by atoms with Crippen molar-refractivity contribution in [1.82, 2.24) is 5.16 Å². The topological polar surface area (TPSA) is 78.4 Å². The lowest BCUT2D eigenvalue weighted by molar-refractivity contribution is 0.415. The van der Waals surface area contributed by atoms with Crippen molar-refractivity contribution in [2.24, 2.45) is 0 Å². The molecule has 3 rings (SSSR count). The van der Waals surface area contributed by atoms with E-state index in [1.54, 1.807) is 19.2 Å². The second-order valence-corrected chi connectivity index (χ2v) is 4.93. The van der Waals surface area contributed by atoms with Gasteiger partial charge in [-0.25, -0.2) is 0 Å². The zero-order valence-corrected chi connectivity index (χ0v) is 12.3. The van der Waals surface area contributed by atoms with Gasteiger partial charge in [0.25, 0.3) is 5.75 Å². The van der Waals surface area contributed by atoms with E-state index in [4.69, 9.17) is 14.4 Å². The molecule has 112 valence electrons. The Bertz CT molecular complexity index is 806. The SMILES string of the molecule is COc1ccc(-c2c(C)noc2-c2ccc([OH2+])cc2O)cc1. The molecule has 0 aliphatic rings. The molecular formula is C17H16NO4+. The first-order valence-electron chi connectivity index (χ1n) is 6.76. The number of aryl methyl sites for hydroxylation is 1. The molecular weight excluding hydrogens is 282 g/mol. The van der Waals surface area contributed by atoms with E-state index in [9.17, 15) is 5.11 Å². The van der Waals surface area contributed by atoms with Crippen molar-refractivity contribution in [1.29, 1.82) is 0 Å². The summed E-state index contributed by atoms with van der Waals surface area (Å²) >= 11 is 0. The van der Waals surface area contributed by atoms with Crippen LogP contribution in [0, 0.1) is 6.92 Å². The highest BCUT2D eigenvalue weighted by Gasteiger charge is 2.20. The minimum atomic E-state index is -0.00147. The smallest absolute Gasteiger partial charge is 0.257 e. The molecule has 0 bridgehead atoms. The predicted octanol–water partition coefficient (Wildman–Crippen LogP) is 3.47. The van der Waals surface area contributed by atoms with Gasteiger partial charge in [-0.2, -0.15) is 0 Å². The van der Waals surface area contributed by atoms with Gasteiger partial charge in [-0.15, -0.1) is 0 Å². The quantitative estimate of drug-likeness (QED) is 0.751. The van der Waals surface area contributed by atoms with Crippen LogP contribution in [0.2, 0.25) is 0 Å².